The van der Waals surface area contributed by atoms with E-state index in [0.29, 0.717) is 0 Å². The van der Waals surface area contributed by atoms with Gasteiger partial charge in [-0.3, -0.25) is 4.90 Å². The van der Waals surface area contributed by atoms with Crippen molar-refractivity contribution in [2.75, 3.05) is 65.6 Å². The average Bonchev–Trinajstić information content (AvgIpc) is 3.17. The summed E-state index contributed by atoms with van der Waals surface area (Å²) in [6.07, 6.45) is 0.240. The predicted molar refractivity (Wildman–Crippen MR) is 70.8 cm³/mol. The lowest BCUT2D eigenvalue weighted by Gasteiger charge is -2.30. The zero-order valence-electron chi connectivity index (χ0n) is 11.0. The van der Waals surface area contributed by atoms with Gasteiger partial charge in [-0.15, -0.1) is 0 Å². The monoisotopic (exact) mass is 258 g/mol. The molecule has 0 aromatic rings. The van der Waals surface area contributed by atoms with Gasteiger partial charge in [-0.25, -0.2) is 0 Å². The highest BCUT2D eigenvalue weighted by Crippen LogP contribution is 2.18. The summed E-state index contributed by atoms with van der Waals surface area (Å²) in [5.41, 5.74) is 0. The van der Waals surface area contributed by atoms with E-state index >= 15 is 0 Å². The van der Waals surface area contributed by atoms with Crippen molar-refractivity contribution in [3.8, 4) is 0 Å². The number of nitrogens with zero attached hydrogens (tertiary/aromatic N) is 1. The number of aliphatic hydroxyl groups excluding tert-OH is 1. The Bertz CT molecular complexity index is 214. The number of ether oxygens (including phenoxy) is 1. The molecule has 0 bridgehead atoms. The van der Waals surface area contributed by atoms with Gasteiger partial charge < -0.3 is 25.8 Å². The Labute approximate surface area is 109 Å². The molecule has 0 amide bonds. The summed E-state index contributed by atoms with van der Waals surface area (Å²) >= 11 is 0. The molecule has 4 N–H and O–H groups in total. The van der Waals surface area contributed by atoms with E-state index in [-0.39, 0.29) is 18.8 Å². The van der Waals surface area contributed by atoms with Crippen LogP contribution in [0.15, 0.2) is 0 Å². The lowest BCUT2D eigenvalue weighted by Crippen LogP contribution is -2.49. The number of hydrogen-bond acceptors (Lipinski definition) is 6. The standard InChI is InChI=1S/C12H26N4O2/c17-9-11(12-10-18-12)16-7-5-14-3-1-13-2-4-15-6-8-16/h11-15,17H,1-10H2/t11-,12-/m1/s1. The first-order valence-electron chi connectivity index (χ1n) is 7.00. The molecule has 6 nitrogen and oxygen atoms in total. The van der Waals surface area contributed by atoms with Gasteiger partial charge in [-0.2, -0.15) is 0 Å². The summed E-state index contributed by atoms with van der Waals surface area (Å²) in [6.45, 7) is 8.86. The molecule has 2 saturated heterocycles. The zero-order valence-corrected chi connectivity index (χ0v) is 11.0. The molecule has 0 aromatic carbocycles. The molecule has 0 radical (unpaired) electrons. The summed E-state index contributed by atoms with van der Waals surface area (Å²) in [5.74, 6) is 0. The third-order valence-corrected chi connectivity index (χ3v) is 3.55. The molecule has 2 heterocycles. The molecule has 2 aliphatic heterocycles. The fourth-order valence-corrected chi connectivity index (χ4v) is 2.36. The van der Waals surface area contributed by atoms with Gasteiger partial charge in [0, 0.05) is 52.4 Å². The van der Waals surface area contributed by atoms with Crippen molar-refractivity contribution < 1.29 is 9.84 Å². The second-order valence-corrected chi connectivity index (χ2v) is 4.91. The Morgan fingerprint density at radius 1 is 1.00 bits per heavy atom. The normalized spacial score (nSPS) is 30.2. The minimum Gasteiger partial charge on any atom is -0.395 e. The lowest BCUT2D eigenvalue weighted by atomic mass is 10.2. The number of hydrogen-bond donors (Lipinski definition) is 4. The van der Waals surface area contributed by atoms with Gasteiger partial charge in [0.05, 0.1) is 25.4 Å². The molecule has 0 saturated carbocycles. The molecule has 2 fully saturated rings. The van der Waals surface area contributed by atoms with Crippen LogP contribution in [0.2, 0.25) is 0 Å². The van der Waals surface area contributed by atoms with E-state index in [1.807, 2.05) is 0 Å². The SMILES string of the molecule is OC[C@H]([C@H]1CO1)N1CCNCCNCCNCC1. The van der Waals surface area contributed by atoms with Crippen LogP contribution in [-0.2, 0) is 4.74 Å². The fourth-order valence-electron chi connectivity index (χ4n) is 2.36. The molecule has 106 valence electrons. The Kier molecular flexibility index (Phi) is 6.33. The highest BCUT2D eigenvalue weighted by molar-refractivity contribution is 4.87. The summed E-state index contributed by atoms with van der Waals surface area (Å²) in [6, 6.07) is 0.162. The van der Waals surface area contributed by atoms with E-state index < -0.39 is 0 Å². The number of rotatable bonds is 3. The molecule has 0 aliphatic carbocycles. The minimum atomic E-state index is 0.162. The summed E-state index contributed by atoms with van der Waals surface area (Å²) in [7, 11) is 0. The topological polar surface area (TPSA) is 72.1 Å². The van der Waals surface area contributed by atoms with Gasteiger partial charge in [0.15, 0.2) is 0 Å². The van der Waals surface area contributed by atoms with E-state index in [1.54, 1.807) is 0 Å². The Balaban J connectivity index is 1.80. The molecule has 6 heteroatoms. The van der Waals surface area contributed by atoms with Gasteiger partial charge >= 0.3 is 0 Å². The van der Waals surface area contributed by atoms with Crippen molar-refractivity contribution in [1.82, 2.24) is 20.9 Å². The number of nitrogens with one attached hydrogen (secondary N) is 3. The third kappa shape index (κ3) is 4.79. The van der Waals surface area contributed by atoms with Gasteiger partial charge in [-0.1, -0.05) is 0 Å². The van der Waals surface area contributed by atoms with Crippen molar-refractivity contribution in [3.05, 3.63) is 0 Å². The Hall–Kier alpha value is -0.240. The first kappa shape index (κ1) is 14.2. The van der Waals surface area contributed by atoms with E-state index in [2.05, 4.69) is 20.9 Å². The lowest BCUT2D eigenvalue weighted by molar-refractivity contribution is 0.100. The van der Waals surface area contributed by atoms with Crippen LogP contribution in [-0.4, -0.2) is 87.7 Å². The molecular weight excluding hydrogens is 232 g/mol. The third-order valence-electron chi connectivity index (χ3n) is 3.55. The minimum absolute atomic E-state index is 0.162. The van der Waals surface area contributed by atoms with Crippen LogP contribution in [0.3, 0.4) is 0 Å². The highest BCUT2D eigenvalue weighted by atomic mass is 16.6. The van der Waals surface area contributed by atoms with Crippen LogP contribution in [0.5, 0.6) is 0 Å². The molecule has 0 spiro atoms. The van der Waals surface area contributed by atoms with Gasteiger partial charge in [0.1, 0.15) is 0 Å². The highest BCUT2D eigenvalue weighted by Gasteiger charge is 2.35. The van der Waals surface area contributed by atoms with Gasteiger partial charge in [-0.05, 0) is 0 Å². The smallest absolute Gasteiger partial charge is 0.0986 e. The predicted octanol–water partition coefficient (Wildman–Crippen LogP) is -2.17. The van der Waals surface area contributed by atoms with E-state index in [0.717, 1.165) is 59.0 Å². The first-order chi connectivity index (χ1) is 8.92. The summed E-state index contributed by atoms with van der Waals surface area (Å²) < 4.78 is 5.33. The molecule has 2 atom stereocenters. The maximum Gasteiger partial charge on any atom is 0.0986 e. The summed E-state index contributed by atoms with van der Waals surface area (Å²) in [5, 5.41) is 19.7. The molecule has 0 aromatic heterocycles. The van der Waals surface area contributed by atoms with Crippen molar-refractivity contribution in [2.45, 2.75) is 12.1 Å². The van der Waals surface area contributed by atoms with Gasteiger partial charge in [0.25, 0.3) is 0 Å². The van der Waals surface area contributed by atoms with Crippen LogP contribution in [0, 0.1) is 0 Å². The van der Waals surface area contributed by atoms with Crippen molar-refractivity contribution in [3.63, 3.8) is 0 Å². The largest absolute Gasteiger partial charge is 0.395 e. The van der Waals surface area contributed by atoms with Crippen molar-refractivity contribution in [1.29, 1.82) is 0 Å². The van der Waals surface area contributed by atoms with Gasteiger partial charge in [0.2, 0.25) is 0 Å². The second kappa shape index (κ2) is 8.04. The maximum absolute atomic E-state index is 9.50. The average molecular weight is 258 g/mol. The van der Waals surface area contributed by atoms with E-state index in [4.69, 9.17) is 4.74 Å². The maximum atomic E-state index is 9.50. The van der Waals surface area contributed by atoms with Crippen LogP contribution in [0.4, 0.5) is 0 Å². The first-order valence-corrected chi connectivity index (χ1v) is 7.00. The van der Waals surface area contributed by atoms with Crippen LogP contribution < -0.4 is 16.0 Å². The molecule has 2 rings (SSSR count). The van der Waals surface area contributed by atoms with Crippen molar-refractivity contribution in [2.24, 2.45) is 0 Å². The Morgan fingerprint density at radius 2 is 1.50 bits per heavy atom. The summed E-state index contributed by atoms with van der Waals surface area (Å²) in [4.78, 5) is 2.34. The van der Waals surface area contributed by atoms with Crippen LogP contribution in [0.1, 0.15) is 0 Å². The van der Waals surface area contributed by atoms with Crippen LogP contribution >= 0.6 is 0 Å². The van der Waals surface area contributed by atoms with E-state index in [9.17, 15) is 5.11 Å². The zero-order chi connectivity index (χ0) is 12.6. The number of epoxide rings is 1. The quantitative estimate of drug-likeness (QED) is 0.432. The second-order valence-electron chi connectivity index (χ2n) is 4.91. The van der Waals surface area contributed by atoms with Crippen molar-refractivity contribution >= 4 is 0 Å². The molecule has 18 heavy (non-hydrogen) atoms. The molecule has 2 aliphatic rings. The molecule has 0 unspecified atom stereocenters. The Morgan fingerprint density at radius 3 is 1.94 bits per heavy atom. The number of aliphatic hydroxyl groups is 1. The van der Waals surface area contributed by atoms with E-state index in [1.165, 1.54) is 0 Å². The fraction of sp³-hybridized carbons (Fsp3) is 1.00. The van der Waals surface area contributed by atoms with Crippen LogP contribution in [0.25, 0.3) is 0 Å². The molecular formula is C12H26N4O2.